The number of hydrogen-bond acceptors (Lipinski definition) is 3. The molecular formula is C9H13NO2S. The van der Waals surface area contributed by atoms with Gasteiger partial charge in [0.25, 0.3) is 0 Å². The minimum atomic E-state index is -0.930. The minimum absolute atomic E-state index is 0.326. The Morgan fingerprint density at radius 3 is 2.92 bits per heavy atom. The van der Waals surface area contributed by atoms with Crippen molar-refractivity contribution in [3.05, 3.63) is 21.9 Å². The quantitative estimate of drug-likeness (QED) is 0.764. The molecule has 72 valence electrons. The number of amides is 1. The normalized spacial score (nSPS) is 12.5. The molecule has 0 saturated carbocycles. The van der Waals surface area contributed by atoms with Crippen LogP contribution in [-0.4, -0.2) is 17.1 Å². The third-order valence-corrected chi connectivity index (χ3v) is 2.79. The first-order valence-electron chi connectivity index (χ1n) is 4.10. The molecule has 1 atom stereocenters. The predicted molar refractivity (Wildman–Crippen MR) is 52.6 cm³/mol. The summed E-state index contributed by atoms with van der Waals surface area (Å²) >= 11 is 1.61. The number of rotatable bonds is 3. The van der Waals surface area contributed by atoms with Crippen LogP contribution >= 0.6 is 11.3 Å². The monoisotopic (exact) mass is 199 g/mol. The highest BCUT2D eigenvalue weighted by Gasteiger charge is 2.08. The maximum absolute atomic E-state index is 11.0. The van der Waals surface area contributed by atoms with E-state index in [0.717, 1.165) is 4.88 Å². The Balaban J connectivity index is 2.44. The van der Waals surface area contributed by atoms with Gasteiger partial charge in [0.05, 0.1) is 6.54 Å². The summed E-state index contributed by atoms with van der Waals surface area (Å²) in [5.74, 6) is -0.326. The van der Waals surface area contributed by atoms with E-state index >= 15 is 0 Å². The number of aliphatic hydroxyl groups is 1. The second kappa shape index (κ2) is 4.39. The van der Waals surface area contributed by atoms with Crippen molar-refractivity contribution in [1.82, 2.24) is 5.32 Å². The highest BCUT2D eigenvalue weighted by Crippen LogP contribution is 2.14. The van der Waals surface area contributed by atoms with Crippen LogP contribution in [0.15, 0.2) is 11.4 Å². The van der Waals surface area contributed by atoms with Crippen LogP contribution in [0.4, 0.5) is 0 Å². The zero-order chi connectivity index (χ0) is 9.84. The highest BCUT2D eigenvalue weighted by atomic mass is 32.1. The van der Waals surface area contributed by atoms with Gasteiger partial charge in [0.1, 0.15) is 6.10 Å². The van der Waals surface area contributed by atoms with Gasteiger partial charge in [0, 0.05) is 4.88 Å². The number of hydrogen-bond donors (Lipinski definition) is 2. The van der Waals surface area contributed by atoms with Crippen molar-refractivity contribution in [3.8, 4) is 0 Å². The van der Waals surface area contributed by atoms with Crippen LogP contribution in [0.5, 0.6) is 0 Å². The van der Waals surface area contributed by atoms with Gasteiger partial charge in [-0.1, -0.05) is 0 Å². The summed E-state index contributed by atoms with van der Waals surface area (Å²) in [7, 11) is 0. The fourth-order valence-electron chi connectivity index (χ4n) is 0.900. The summed E-state index contributed by atoms with van der Waals surface area (Å²) < 4.78 is 0. The average Bonchev–Trinajstić information content (AvgIpc) is 2.47. The number of carbonyl (C=O) groups is 1. The molecule has 0 radical (unpaired) electrons. The Morgan fingerprint density at radius 1 is 1.77 bits per heavy atom. The van der Waals surface area contributed by atoms with Crippen LogP contribution in [0.25, 0.3) is 0 Å². The summed E-state index contributed by atoms with van der Waals surface area (Å²) in [6.45, 7) is 3.96. The molecular weight excluding hydrogens is 186 g/mol. The zero-order valence-corrected chi connectivity index (χ0v) is 8.52. The summed E-state index contributed by atoms with van der Waals surface area (Å²) in [5.41, 5.74) is 1.18. The van der Waals surface area contributed by atoms with Crippen LogP contribution in [0.3, 0.4) is 0 Å². The molecule has 0 aliphatic rings. The first kappa shape index (κ1) is 10.2. The number of carbonyl (C=O) groups excluding carboxylic acids is 1. The lowest BCUT2D eigenvalue weighted by atomic mass is 10.3. The first-order valence-corrected chi connectivity index (χ1v) is 4.98. The molecule has 0 spiro atoms. The average molecular weight is 199 g/mol. The van der Waals surface area contributed by atoms with E-state index in [1.54, 1.807) is 11.3 Å². The largest absolute Gasteiger partial charge is 0.384 e. The molecule has 1 rings (SSSR count). The molecule has 13 heavy (non-hydrogen) atoms. The predicted octanol–water partition coefficient (Wildman–Crippen LogP) is 1.05. The van der Waals surface area contributed by atoms with Crippen LogP contribution < -0.4 is 5.32 Å². The molecule has 0 saturated heterocycles. The Morgan fingerprint density at radius 2 is 2.46 bits per heavy atom. The van der Waals surface area contributed by atoms with Crippen LogP contribution in [-0.2, 0) is 11.3 Å². The molecule has 1 aromatic rings. The van der Waals surface area contributed by atoms with Gasteiger partial charge in [0.15, 0.2) is 0 Å². The maximum atomic E-state index is 11.0. The second-order valence-corrected chi connectivity index (χ2v) is 3.92. The van der Waals surface area contributed by atoms with Crippen molar-refractivity contribution < 1.29 is 9.90 Å². The lowest BCUT2D eigenvalue weighted by molar-refractivity contribution is -0.128. The van der Waals surface area contributed by atoms with E-state index in [4.69, 9.17) is 5.11 Å². The number of aryl methyl sites for hydroxylation is 1. The molecule has 2 N–H and O–H groups in total. The SMILES string of the molecule is Cc1ccsc1CNC(=O)C(C)O. The lowest BCUT2D eigenvalue weighted by Gasteiger charge is -2.05. The van der Waals surface area contributed by atoms with E-state index in [1.807, 2.05) is 18.4 Å². The molecule has 1 heterocycles. The molecule has 0 aliphatic heterocycles. The first-order chi connectivity index (χ1) is 6.11. The van der Waals surface area contributed by atoms with E-state index in [-0.39, 0.29) is 5.91 Å². The van der Waals surface area contributed by atoms with E-state index in [2.05, 4.69) is 5.32 Å². The van der Waals surface area contributed by atoms with Crippen molar-refractivity contribution in [2.24, 2.45) is 0 Å². The van der Waals surface area contributed by atoms with Crippen molar-refractivity contribution in [2.45, 2.75) is 26.5 Å². The van der Waals surface area contributed by atoms with Crippen molar-refractivity contribution in [1.29, 1.82) is 0 Å². The number of aliphatic hydroxyl groups excluding tert-OH is 1. The van der Waals surface area contributed by atoms with Gasteiger partial charge < -0.3 is 10.4 Å². The van der Waals surface area contributed by atoms with Crippen LogP contribution in [0.2, 0.25) is 0 Å². The molecule has 0 fully saturated rings. The zero-order valence-electron chi connectivity index (χ0n) is 7.70. The standard InChI is InChI=1S/C9H13NO2S/c1-6-3-4-13-8(6)5-10-9(12)7(2)11/h3-4,7,11H,5H2,1-2H3,(H,10,12). The summed E-state index contributed by atoms with van der Waals surface area (Å²) in [6, 6.07) is 2.01. The number of thiophene rings is 1. The van der Waals surface area contributed by atoms with Gasteiger partial charge in [0.2, 0.25) is 5.91 Å². The van der Waals surface area contributed by atoms with Crippen molar-refractivity contribution >= 4 is 17.2 Å². The molecule has 3 nitrogen and oxygen atoms in total. The minimum Gasteiger partial charge on any atom is -0.384 e. The van der Waals surface area contributed by atoms with E-state index in [0.29, 0.717) is 6.54 Å². The summed E-state index contributed by atoms with van der Waals surface area (Å²) in [6.07, 6.45) is -0.930. The molecule has 0 bridgehead atoms. The Labute approximate surface area is 81.4 Å². The van der Waals surface area contributed by atoms with Gasteiger partial charge in [-0.3, -0.25) is 4.79 Å². The Bertz CT molecular complexity index is 294. The maximum Gasteiger partial charge on any atom is 0.248 e. The smallest absolute Gasteiger partial charge is 0.248 e. The summed E-state index contributed by atoms with van der Waals surface area (Å²) in [4.78, 5) is 12.1. The van der Waals surface area contributed by atoms with Crippen LogP contribution in [0, 0.1) is 6.92 Å². The molecule has 0 aliphatic carbocycles. The fraction of sp³-hybridized carbons (Fsp3) is 0.444. The molecule has 0 aromatic carbocycles. The third-order valence-electron chi connectivity index (χ3n) is 1.77. The molecule has 1 aromatic heterocycles. The summed E-state index contributed by atoms with van der Waals surface area (Å²) in [5, 5.41) is 13.5. The number of nitrogens with one attached hydrogen (secondary N) is 1. The van der Waals surface area contributed by atoms with E-state index < -0.39 is 6.10 Å². The van der Waals surface area contributed by atoms with E-state index in [9.17, 15) is 4.79 Å². The highest BCUT2D eigenvalue weighted by molar-refractivity contribution is 7.10. The Kier molecular flexibility index (Phi) is 3.45. The molecule has 4 heteroatoms. The fourth-order valence-corrected chi connectivity index (χ4v) is 1.75. The molecule has 1 amide bonds. The second-order valence-electron chi connectivity index (χ2n) is 2.92. The molecule has 1 unspecified atom stereocenters. The van der Waals surface area contributed by atoms with Gasteiger partial charge in [-0.15, -0.1) is 11.3 Å². The Hall–Kier alpha value is -0.870. The van der Waals surface area contributed by atoms with Gasteiger partial charge >= 0.3 is 0 Å². The van der Waals surface area contributed by atoms with Gasteiger partial charge in [-0.2, -0.15) is 0 Å². The third kappa shape index (κ3) is 2.82. The lowest BCUT2D eigenvalue weighted by Crippen LogP contribution is -2.31. The van der Waals surface area contributed by atoms with Gasteiger partial charge in [-0.25, -0.2) is 0 Å². The van der Waals surface area contributed by atoms with Crippen LogP contribution in [0.1, 0.15) is 17.4 Å². The van der Waals surface area contributed by atoms with Crippen molar-refractivity contribution in [3.63, 3.8) is 0 Å². The van der Waals surface area contributed by atoms with E-state index in [1.165, 1.54) is 12.5 Å². The topological polar surface area (TPSA) is 49.3 Å². The van der Waals surface area contributed by atoms with Crippen molar-refractivity contribution in [2.75, 3.05) is 0 Å². The van der Waals surface area contributed by atoms with Gasteiger partial charge in [-0.05, 0) is 30.9 Å².